The van der Waals surface area contributed by atoms with Crippen LogP contribution in [0.3, 0.4) is 0 Å². The van der Waals surface area contributed by atoms with Crippen LogP contribution in [0.15, 0.2) is 131 Å². The van der Waals surface area contributed by atoms with E-state index in [0.29, 0.717) is 29.9 Å². The lowest BCUT2D eigenvalue weighted by atomic mass is 9.99. The molecule has 316 valence electrons. The fourth-order valence-corrected chi connectivity index (χ4v) is 9.77. The Morgan fingerprint density at radius 3 is 2.36 bits per heavy atom. The largest absolute Gasteiger partial charge is 0.379 e. The van der Waals surface area contributed by atoms with E-state index in [9.17, 15) is 22.9 Å². The first-order valence-electron chi connectivity index (χ1n) is 20.3. The Bertz CT molecular complexity index is 2560. The minimum absolute atomic E-state index is 0.0761. The lowest BCUT2D eigenvalue weighted by Gasteiger charge is -2.36. The van der Waals surface area contributed by atoms with Gasteiger partial charge >= 0.3 is 0 Å². The predicted molar refractivity (Wildman–Crippen MR) is 239 cm³/mol. The van der Waals surface area contributed by atoms with E-state index in [1.807, 2.05) is 66.7 Å². The average molecular weight is 863 g/mol. The van der Waals surface area contributed by atoms with Crippen LogP contribution >= 0.6 is 11.8 Å². The Kier molecular flexibility index (Phi) is 13.4. The third-order valence-corrected chi connectivity index (χ3v) is 13.6. The highest BCUT2D eigenvalue weighted by atomic mass is 32.2. The van der Waals surface area contributed by atoms with Crippen molar-refractivity contribution in [3.63, 3.8) is 0 Å². The Hall–Kier alpha value is -5.65. The number of nitrogens with one attached hydrogen (secondary N) is 2. The van der Waals surface area contributed by atoms with Crippen LogP contribution in [0.4, 0.5) is 27.3 Å². The highest BCUT2D eigenvalue weighted by Crippen LogP contribution is 2.33. The van der Waals surface area contributed by atoms with E-state index in [-0.39, 0.29) is 33.9 Å². The monoisotopic (exact) mass is 862 g/mol. The maximum Gasteiger partial charge on any atom is 0.293 e. The molecule has 2 aliphatic heterocycles. The molecule has 1 atom stereocenters. The van der Waals surface area contributed by atoms with Gasteiger partial charge in [0.1, 0.15) is 17.8 Å². The number of anilines is 3. The number of aromatic nitrogens is 2. The summed E-state index contributed by atoms with van der Waals surface area (Å²) < 4.78 is 49.3. The number of hydrogen-bond donors (Lipinski definition) is 2. The van der Waals surface area contributed by atoms with Gasteiger partial charge in [-0.15, -0.1) is 11.8 Å². The molecule has 5 aromatic carbocycles. The second kappa shape index (κ2) is 19.4. The maximum atomic E-state index is 13.8. The highest BCUT2D eigenvalue weighted by Gasteiger charge is 2.26. The summed E-state index contributed by atoms with van der Waals surface area (Å²) in [6.45, 7) is 7.78. The van der Waals surface area contributed by atoms with Gasteiger partial charge in [-0.1, -0.05) is 54.6 Å². The predicted octanol–water partition coefficient (Wildman–Crippen LogP) is 7.76. The summed E-state index contributed by atoms with van der Waals surface area (Å²) in [5.41, 5.74) is 4.68. The molecule has 61 heavy (non-hydrogen) atoms. The summed E-state index contributed by atoms with van der Waals surface area (Å²) in [5, 5.41) is 16.3. The number of hydrogen-bond acceptors (Lipinski definition) is 12. The third kappa shape index (κ3) is 10.6. The number of halogens is 1. The van der Waals surface area contributed by atoms with Crippen LogP contribution in [0.2, 0.25) is 0 Å². The molecule has 0 aliphatic carbocycles. The number of thioether (sulfide) groups is 1. The van der Waals surface area contributed by atoms with Crippen molar-refractivity contribution < 1.29 is 22.5 Å². The number of sulfonamides is 1. The lowest BCUT2D eigenvalue weighted by molar-refractivity contribution is -0.384. The second-order valence-corrected chi connectivity index (χ2v) is 17.9. The summed E-state index contributed by atoms with van der Waals surface area (Å²) in [6, 6.07) is 34.2. The van der Waals surface area contributed by atoms with Gasteiger partial charge in [0.2, 0.25) is 0 Å². The molecule has 3 heterocycles. The first-order chi connectivity index (χ1) is 29.7. The van der Waals surface area contributed by atoms with E-state index < -0.39 is 14.9 Å². The minimum atomic E-state index is -4.29. The standard InChI is InChI=1S/C45H47FN8O5S2/c46-35-12-10-33(11-13-35)40-9-5-4-6-34(40)30-52-20-22-53(23-21-52)37-14-16-41-43(28-37)47-32-48-45(41)50-61(57,58)39-15-17-42(44(29-39)54(55)56)49-36(18-19-51-24-26-59-27-25-51)31-60-38-7-2-1-3-8-38/h1-17,28-29,32,36,49H,18-27,30-31H2,(H,47,48,50)/t36-/m1/s1. The number of rotatable bonds is 16. The summed E-state index contributed by atoms with van der Waals surface area (Å²) in [7, 11) is -4.29. The zero-order chi connectivity index (χ0) is 42.2. The van der Waals surface area contributed by atoms with Gasteiger partial charge < -0.3 is 15.0 Å². The van der Waals surface area contributed by atoms with Crippen LogP contribution in [0.1, 0.15) is 12.0 Å². The van der Waals surface area contributed by atoms with Gasteiger partial charge in [0.05, 0.1) is 28.5 Å². The number of benzene rings is 5. The summed E-state index contributed by atoms with van der Waals surface area (Å²) in [6.07, 6.45) is 2.03. The summed E-state index contributed by atoms with van der Waals surface area (Å²) >= 11 is 1.66. The van der Waals surface area contributed by atoms with Gasteiger partial charge in [-0.3, -0.25) is 24.6 Å². The Morgan fingerprint density at radius 2 is 1.59 bits per heavy atom. The van der Waals surface area contributed by atoms with Crippen LogP contribution in [-0.4, -0.2) is 104 Å². The fraction of sp³-hybridized carbons (Fsp3) is 0.289. The number of nitro benzene ring substituents is 1. The van der Waals surface area contributed by atoms with Gasteiger partial charge in [-0.25, -0.2) is 22.8 Å². The molecule has 2 saturated heterocycles. The molecule has 2 N–H and O–H groups in total. The number of ether oxygens (including phenoxy) is 1. The Labute approximate surface area is 359 Å². The number of nitro groups is 1. The lowest BCUT2D eigenvalue weighted by Crippen LogP contribution is -2.46. The van der Waals surface area contributed by atoms with Gasteiger partial charge in [0.25, 0.3) is 15.7 Å². The number of morpholine rings is 1. The van der Waals surface area contributed by atoms with Gasteiger partial charge in [-0.05, 0) is 77.7 Å². The quantitative estimate of drug-likeness (QED) is 0.0557. The number of nitrogens with zero attached hydrogens (tertiary/aromatic N) is 6. The highest BCUT2D eigenvalue weighted by molar-refractivity contribution is 7.99. The van der Waals surface area contributed by atoms with E-state index in [1.165, 1.54) is 36.2 Å². The van der Waals surface area contributed by atoms with Crippen molar-refractivity contribution in [1.82, 2.24) is 19.8 Å². The van der Waals surface area contributed by atoms with Gasteiger partial charge in [-0.2, -0.15) is 0 Å². The van der Waals surface area contributed by atoms with E-state index in [4.69, 9.17) is 4.74 Å². The maximum absolute atomic E-state index is 13.8. The normalized spacial score (nSPS) is 15.7. The molecule has 2 aliphatic rings. The van der Waals surface area contributed by atoms with Crippen molar-refractivity contribution in [2.24, 2.45) is 0 Å². The number of piperazine rings is 1. The molecule has 6 aromatic rings. The molecule has 0 unspecified atom stereocenters. The Morgan fingerprint density at radius 1 is 0.836 bits per heavy atom. The van der Waals surface area contributed by atoms with Gasteiger partial charge in [0.15, 0.2) is 5.82 Å². The molecule has 1 aromatic heterocycles. The van der Waals surface area contributed by atoms with Crippen LogP contribution in [0.5, 0.6) is 0 Å². The van der Waals surface area contributed by atoms with Crippen molar-refractivity contribution in [3.8, 4) is 11.1 Å². The zero-order valence-electron chi connectivity index (χ0n) is 33.5. The SMILES string of the molecule is O=[N+]([O-])c1cc(S(=O)(=O)Nc2ncnc3cc(N4CCN(Cc5ccccc5-c5ccc(F)cc5)CC4)ccc23)ccc1N[C@H](CCN1CCOCC1)CSc1ccccc1. The van der Waals surface area contributed by atoms with Crippen molar-refractivity contribution in [2.75, 3.05) is 79.7 Å². The van der Waals surface area contributed by atoms with Crippen molar-refractivity contribution in [2.45, 2.75) is 28.8 Å². The average Bonchev–Trinajstić information content (AvgIpc) is 3.28. The van der Waals surface area contributed by atoms with Gasteiger partial charge in [0, 0.05) is 86.2 Å². The molecule has 0 radical (unpaired) electrons. The van der Waals surface area contributed by atoms with Crippen LogP contribution in [0, 0.1) is 15.9 Å². The molecule has 16 heteroatoms. The zero-order valence-corrected chi connectivity index (χ0v) is 35.2. The summed E-state index contributed by atoms with van der Waals surface area (Å²) in [5.74, 6) is 0.472. The molecule has 0 saturated carbocycles. The molecule has 8 rings (SSSR count). The van der Waals surface area contributed by atoms with Crippen LogP contribution in [-0.2, 0) is 21.3 Å². The molecule has 2 fully saturated rings. The van der Waals surface area contributed by atoms with Crippen molar-refractivity contribution >= 4 is 55.6 Å². The van der Waals surface area contributed by atoms with Crippen molar-refractivity contribution in [3.05, 3.63) is 143 Å². The molecular formula is C45H47FN8O5S2. The first-order valence-corrected chi connectivity index (χ1v) is 22.8. The van der Waals surface area contributed by atoms with Crippen LogP contribution in [0.25, 0.3) is 22.0 Å². The molecule has 0 bridgehead atoms. The summed E-state index contributed by atoms with van der Waals surface area (Å²) in [4.78, 5) is 28.4. The minimum Gasteiger partial charge on any atom is -0.379 e. The fourth-order valence-electron chi connectivity index (χ4n) is 7.73. The van der Waals surface area contributed by atoms with E-state index >= 15 is 0 Å². The van der Waals surface area contributed by atoms with E-state index in [0.717, 1.165) is 86.6 Å². The van der Waals surface area contributed by atoms with Crippen molar-refractivity contribution in [1.29, 1.82) is 0 Å². The smallest absolute Gasteiger partial charge is 0.293 e. The van der Waals surface area contributed by atoms with E-state index in [1.54, 1.807) is 17.8 Å². The first kappa shape index (κ1) is 42.1. The third-order valence-electron chi connectivity index (χ3n) is 11.1. The van der Waals surface area contributed by atoms with Crippen LogP contribution < -0.4 is 14.9 Å². The topological polar surface area (TPSA) is 146 Å². The molecular weight excluding hydrogens is 816 g/mol. The number of fused-ring (bicyclic) bond motifs is 1. The second-order valence-electron chi connectivity index (χ2n) is 15.1. The molecule has 0 amide bonds. The molecule has 13 nitrogen and oxygen atoms in total. The molecule has 0 spiro atoms. The van der Waals surface area contributed by atoms with E-state index in [2.05, 4.69) is 46.8 Å². The Balaban J connectivity index is 0.934.